The molecule has 0 aliphatic carbocycles. The summed E-state index contributed by atoms with van der Waals surface area (Å²) in [6.45, 7) is 3.40. The first kappa shape index (κ1) is 9.94. The van der Waals surface area contributed by atoms with Gasteiger partial charge in [-0.15, -0.1) is 0 Å². The highest BCUT2D eigenvalue weighted by atomic mass is 16.4. The Kier molecular flexibility index (Phi) is 3.57. The molecule has 0 spiro atoms. The number of aliphatic carboxylic acids is 1. The summed E-state index contributed by atoms with van der Waals surface area (Å²) in [7, 11) is 1.43. The molecule has 4 heteroatoms. The van der Waals surface area contributed by atoms with Crippen molar-refractivity contribution in [2.24, 2.45) is 11.8 Å². The first-order valence-corrected chi connectivity index (χ1v) is 3.45. The number of amides is 1. The summed E-state index contributed by atoms with van der Waals surface area (Å²) in [5, 5.41) is 10.9. The zero-order valence-corrected chi connectivity index (χ0v) is 6.92. The first-order valence-electron chi connectivity index (χ1n) is 3.45. The smallest absolute Gasteiger partial charge is 0.316 e. The molecular formula is C7H13NO3. The highest BCUT2D eigenvalue weighted by Crippen LogP contribution is 2.10. The average molecular weight is 159 g/mol. The van der Waals surface area contributed by atoms with Crippen molar-refractivity contribution >= 4 is 11.9 Å². The Morgan fingerprint density at radius 2 is 1.82 bits per heavy atom. The molecule has 0 bridgehead atoms. The topological polar surface area (TPSA) is 66.4 Å². The lowest BCUT2D eigenvalue weighted by Gasteiger charge is -2.13. The van der Waals surface area contributed by atoms with Crippen molar-refractivity contribution < 1.29 is 14.7 Å². The maximum Gasteiger partial charge on any atom is 0.316 e. The van der Waals surface area contributed by atoms with Crippen LogP contribution in [0.25, 0.3) is 0 Å². The number of carbonyl (C=O) groups is 2. The van der Waals surface area contributed by atoms with Crippen molar-refractivity contribution in [2.45, 2.75) is 13.8 Å². The van der Waals surface area contributed by atoms with Gasteiger partial charge >= 0.3 is 5.97 Å². The predicted molar refractivity (Wildman–Crippen MR) is 40.0 cm³/mol. The van der Waals surface area contributed by atoms with Crippen molar-refractivity contribution in [1.82, 2.24) is 5.32 Å². The summed E-state index contributed by atoms with van der Waals surface area (Å²) in [6, 6.07) is 0. The Balaban J connectivity index is 4.34. The van der Waals surface area contributed by atoms with Gasteiger partial charge in [0.15, 0.2) is 0 Å². The molecule has 0 heterocycles. The van der Waals surface area contributed by atoms with Crippen LogP contribution in [0.3, 0.4) is 0 Å². The van der Waals surface area contributed by atoms with E-state index in [0.29, 0.717) is 0 Å². The van der Waals surface area contributed by atoms with Gasteiger partial charge in [-0.3, -0.25) is 9.59 Å². The van der Waals surface area contributed by atoms with Gasteiger partial charge in [-0.2, -0.15) is 0 Å². The van der Waals surface area contributed by atoms with E-state index in [-0.39, 0.29) is 5.92 Å². The number of hydrogen-bond donors (Lipinski definition) is 2. The van der Waals surface area contributed by atoms with Crippen molar-refractivity contribution in [3.8, 4) is 0 Å². The molecule has 0 aliphatic rings. The highest BCUT2D eigenvalue weighted by molar-refractivity contribution is 5.97. The molecule has 11 heavy (non-hydrogen) atoms. The van der Waals surface area contributed by atoms with Crippen LogP contribution in [-0.2, 0) is 9.59 Å². The average Bonchev–Trinajstić information content (AvgIpc) is 1.85. The molecule has 1 unspecified atom stereocenters. The molecule has 64 valence electrons. The maximum atomic E-state index is 10.9. The highest BCUT2D eigenvalue weighted by Gasteiger charge is 2.28. The van der Waals surface area contributed by atoms with Crippen molar-refractivity contribution in [2.75, 3.05) is 7.05 Å². The molecule has 0 aromatic rings. The minimum Gasteiger partial charge on any atom is -0.481 e. The fourth-order valence-corrected chi connectivity index (χ4v) is 0.856. The van der Waals surface area contributed by atoms with Gasteiger partial charge in [-0.1, -0.05) is 13.8 Å². The van der Waals surface area contributed by atoms with Crippen LogP contribution in [0.5, 0.6) is 0 Å². The standard InChI is InChI=1S/C7H13NO3/c1-4(2)5(7(10)11)6(9)8-3/h4-5H,1-3H3,(H,8,9)(H,10,11). The maximum absolute atomic E-state index is 10.9. The molecule has 2 N–H and O–H groups in total. The number of carboxylic acid groups (broad SMARTS) is 1. The van der Waals surface area contributed by atoms with E-state index in [1.807, 2.05) is 0 Å². The van der Waals surface area contributed by atoms with Gasteiger partial charge in [0.25, 0.3) is 0 Å². The molecule has 4 nitrogen and oxygen atoms in total. The Morgan fingerprint density at radius 3 is 1.91 bits per heavy atom. The van der Waals surface area contributed by atoms with Gasteiger partial charge < -0.3 is 10.4 Å². The summed E-state index contributed by atoms with van der Waals surface area (Å²) in [5.74, 6) is -2.61. The van der Waals surface area contributed by atoms with E-state index in [9.17, 15) is 9.59 Å². The van der Waals surface area contributed by atoms with E-state index < -0.39 is 17.8 Å². The van der Waals surface area contributed by atoms with Crippen LogP contribution in [0.1, 0.15) is 13.8 Å². The zero-order valence-electron chi connectivity index (χ0n) is 6.92. The van der Waals surface area contributed by atoms with Gasteiger partial charge in [0, 0.05) is 7.05 Å². The number of carbonyl (C=O) groups excluding carboxylic acids is 1. The van der Waals surface area contributed by atoms with Crippen LogP contribution in [0.4, 0.5) is 0 Å². The molecule has 0 radical (unpaired) electrons. The first-order chi connectivity index (χ1) is 5.00. The van der Waals surface area contributed by atoms with Gasteiger partial charge in [0.1, 0.15) is 5.92 Å². The fraction of sp³-hybridized carbons (Fsp3) is 0.714. The van der Waals surface area contributed by atoms with Crippen LogP contribution < -0.4 is 5.32 Å². The van der Waals surface area contributed by atoms with Gasteiger partial charge in [-0.25, -0.2) is 0 Å². The lowest BCUT2D eigenvalue weighted by molar-refractivity contribution is -0.148. The SMILES string of the molecule is CNC(=O)C(C(=O)O)C(C)C. The zero-order chi connectivity index (χ0) is 9.02. The fourth-order valence-electron chi connectivity index (χ4n) is 0.856. The van der Waals surface area contributed by atoms with E-state index in [4.69, 9.17) is 5.11 Å². The molecule has 0 saturated heterocycles. The van der Waals surface area contributed by atoms with E-state index in [2.05, 4.69) is 5.32 Å². The Hall–Kier alpha value is -1.06. The summed E-state index contributed by atoms with van der Waals surface area (Å²) in [6.07, 6.45) is 0. The summed E-state index contributed by atoms with van der Waals surface area (Å²) in [5.41, 5.74) is 0. The Bertz CT molecular complexity index is 165. The molecule has 0 aromatic heterocycles. The molecule has 0 aromatic carbocycles. The summed E-state index contributed by atoms with van der Waals surface area (Å²) < 4.78 is 0. The molecular weight excluding hydrogens is 146 g/mol. The Labute approximate surface area is 65.6 Å². The van der Waals surface area contributed by atoms with Crippen molar-refractivity contribution in [1.29, 1.82) is 0 Å². The van der Waals surface area contributed by atoms with Gasteiger partial charge in [0.2, 0.25) is 5.91 Å². The van der Waals surface area contributed by atoms with E-state index in [0.717, 1.165) is 0 Å². The van der Waals surface area contributed by atoms with Crippen LogP contribution >= 0.6 is 0 Å². The van der Waals surface area contributed by atoms with Crippen LogP contribution in [0, 0.1) is 11.8 Å². The molecule has 0 rings (SSSR count). The third kappa shape index (κ3) is 2.57. The quantitative estimate of drug-likeness (QED) is 0.573. The third-order valence-electron chi connectivity index (χ3n) is 1.46. The summed E-state index contributed by atoms with van der Waals surface area (Å²) in [4.78, 5) is 21.4. The predicted octanol–water partition coefficient (Wildman–Crippen LogP) is 0.0892. The van der Waals surface area contributed by atoms with E-state index in [1.54, 1.807) is 13.8 Å². The second-order valence-electron chi connectivity index (χ2n) is 2.67. The summed E-state index contributed by atoms with van der Waals surface area (Å²) >= 11 is 0. The Morgan fingerprint density at radius 1 is 1.36 bits per heavy atom. The normalized spacial score (nSPS) is 12.7. The lowest BCUT2D eigenvalue weighted by atomic mass is 9.95. The van der Waals surface area contributed by atoms with Gasteiger partial charge in [-0.05, 0) is 5.92 Å². The van der Waals surface area contributed by atoms with E-state index >= 15 is 0 Å². The number of rotatable bonds is 3. The second kappa shape index (κ2) is 3.95. The number of nitrogens with one attached hydrogen (secondary N) is 1. The molecule has 0 fully saturated rings. The number of carboxylic acids is 1. The van der Waals surface area contributed by atoms with Crippen molar-refractivity contribution in [3.63, 3.8) is 0 Å². The molecule has 0 aliphatic heterocycles. The minimum atomic E-state index is -1.07. The van der Waals surface area contributed by atoms with Crippen LogP contribution in [-0.4, -0.2) is 24.0 Å². The van der Waals surface area contributed by atoms with Crippen LogP contribution in [0.15, 0.2) is 0 Å². The molecule has 1 amide bonds. The lowest BCUT2D eigenvalue weighted by Crippen LogP contribution is -2.36. The minimum absolute atomic E-state index is 0.174. The monoisotopic (exact) mass is 159 g/mol. The largest absolute Gasteiger partial charge is 0.481 e. The second-order valence-corrected chi connectivity index (χ2v) is 2.67. The van der Waals surface area contributed by atoms with Crippen LogP contribution in [0.2, 0.25) is 0 Å². The molecule has 0 saturated carbocycles. The van der Waals surface area contributed by atoms with Crippen molar-refractivity contribution in [3.05, 3.63) is 0 Å². The van der Waals surface area contributed by atoms with E-state index in [1.165, 1.54) is 7.05 Å². The van der Waals surface area contributed by atoms with Gasteiger partial charge in [0.05, 0.1) is 0 Å². The third-order valence-corrected chi connectivity index (χ3v) is 1.46. The number of hydrogen-bond acceptors (Lipinski definition) is 2. The molecule has 1 atom stereocenters.